The maximum atomic E-state index is 13.6. The van der Waals surface area contributed by atoms with Crippen LogP contribution in [0.2, 0.25) is 0 Å². The van der Waals surface area contributed by atoms with Crippen LogP contribution in [-0.2, 0) is 25.6 Å². The summed E-state index contributed by atoms with van der Waals surface area (Å²) in [6, 6.07) is 13.7. The molecule has 0 radical (unpaired) electrons. The van der Waals surface area contributed by atoms with Crippen LogP contribution in [0.3, 0.4) is 0 Å². The van der Waals surface area contributed by atoms with E-state index >= 15 is 0 Å². The van der Waals surface area contributed by atoms with Crippen LogP contribution >= 0.6 is 0 Å². The van der Waals surface area contributed by atoms with Crippen LogP contribution in [0.25, 0.3) is 0 Å². The molecule has 13 N–H and O–H groups in total. The average molecular weight is 582 g/mol. The molecular formula is C29H43N9O4. The Balaban J connectivity index is 2.25. The summed E-state index contributed by atoms with van der Waals surface area (Å²) in [5, 5.41) is 8.11. The molecule has 0 bridgehead atoms. The number of hydrogen-bond acceptors (Lipinski definition) is 7. The van der Waals surface area contributed by atoms with Crippen LogP contribution in [0.4, 0.5) is 0 Å². The fourth-order valence-corrected chi connectivity index (χ4v) is 4.23. The molecule has 0 saturated heterocycles. The van der Waals surface area contributed by atoms with Gasteiger partial charge in [0.15, 0.2) is 5.96 Å². The smallest absolute Gasteiger partial charge is 0.243 e. The summed E-state index contributed by atoms with van der Waals surface area (Å²) in [7, 11) is 0. The number of nitrogens with two attached hydrogens (primary N) is 5. The number of nitrogens with zero attached hydrogens (tertiary/aromatic N) is 1. The van der Waals surface area contributed by atoms with E-state index in [1.807, 2.05) is 30.3 Å². The molecule has 4 atom stereocenters. The van der Waals surface area contributed by atoms with E-state index in [1.165, 1.54) is 0 Å². The predicted octanol–water partition coefficient (Wildman–Crippen LogP) is -0.949. The maximum absolute atomic E-state index is 13.6. The summed E-state index contributed by atoms with van der Waals surface area (Å²) in [6.45, 7) is 0.667. The molecule has 0 saturated carbocycles. The van der Waals surface area contributed by atoms with Crippen molar-refractivity contribution in [3.8, 4) is 0 Å². The Morgan fingerprint density at radius 2 is 1.24 bits per heavy atom. The third-order valence-corrected chi connectivity index (χ3v) is 6.54. The van der Waals surface area contributed by atoms with Crippen LogP contribution in [0.5, 0.6) is 0 Å². The zero-order valence-electron chi connectivity index (χ0n) is 23.7. The number of aliphatic imine (C=N–C) groups is 1. The number of carbonyl (C=O) groups is 4. The Kier molecular flexibility index (Phi) is 14.5. The van der Waals surface area contributed by atoms with Crippen molar-refractivity contribution < 1.29 is 19.2 Å². The minimum absolute atomic E-state index is 0.0961. The first kappa shape index (κ1) is 33.7. The number of nitrogens with one attached hydrogen (secondary N) is 3. The van der Waals surface area contributed by atoms with Gasteiger partial charge in [0.1, 0.15) is 24.2 Å². The topological polar surface area (TPSA) is 247 Å². The van der Waals surface area contributed by atoms with E-state index in [9.17, 15) is 19.2 Å². The minimum Gasteiger partial charge on any atom is -0.370 e. The maximum Gasteiger partial charge on any atom is 0.243 e. The van der Waals surface area contributed by atoms with Crippen molar-refractivity contribution in [3.05, 3.63) is 71.8 Å². The lowest BCUT2D eigenvalue weighted by Gasteiger charge is -2.25. The van der Waals surface area contributed by atoms with E-state index in [-0.39, 0.29) is 25.3 Å². The summed E-state index contributed by atoms with van der Waals surface area (Å²) >= 11 is 0. The first-order chi connectivity index (χ1) is 20.1. The lowest BCUT2D eigenvalue weighted by atomic mass is 10.0. The molecule has 228 valence electrons. The molecule has 0 aliphatic carbocycles. The predicted molar refractivity (Wildman–Crippen MR) is 161 cm³/mol. The van der Waals surface area contributed by atoms with E-state index < -0.39 is 47.8 Å². The first-order valence-corrected chi connectivity index (χ1v) is 13.9. The van der Waals surface area contributed by atoms with Crippen LogP contribution in [-0.4, -0.2) is 60.8 Å². The molecule has 0 aliphatic heterocycles. The molecule has 0 fully saturated rings. The van der Waals surface area contributed by atoms with Gasteiger partial charge in [-0.25, -0.2) is 0 Å². The van der Waals surface area contributed by atoms with E-state index in [1.54, 1.807) is 30.3 Å². The quantitative estimate of drug-likeness (QED) is 0.0618. The second-order valence-corrected chi connectivity index (χ2v) is 9.90. The monoisotopic (exact) mass is 581 g/mol. The Morgan fingerprint density at radius 3 is 1.83 bits per heavy atom. The van der Waals surface area contributed by atoms with Crippen LogP contribution < -0.4 is 44.6 Å². The standard InChI is InChI=1S/C29H43N9O4/c30-16-8-7-14-21(25(32)39)36-27(41)23(18-19-10-3-1-4-11-19)38-26(40)22(15-9-17-35-29(33)34)37-28(42)24(31)20-12-5-2-6-13-20/h1-6,10-13,21-24H,7-9,14-18,30-31H2,(H2,32,39)(H,36,41)(H,37,42)(H,38,40)(H4,33,34,35). The molecule has 13 nitrogen and oxygen atoms in total. The Hall–Kier alpha value is -4.49. The third kappa shape index (κ3) is 11.9. The van der Waals surface area contributed by atoms with Crippen LogP contribution in [0.15, 0.2) is 65.7 Å². The van der Waals surface area contributed by atoms with Gasteiger partial charge < -0.3 is 44.6 Å². The van der Waals surface area contributed by atoms with Gasteiger partial charge >= 0.3 is 0 Å². The highest BCUT2D eigenvalue weighted by atomic mass is 16.2. The largest absolute Gasteiger partial charge is 0.370 e. The third-order valence-electron chi connectivity index (χ3n) is 6.54. The van der Waals surface area contributed by atoms with Gasteiger partial charge in [-0.1, -0.05) is 60.7 Å². The molecule has 42 heavy (non-hydrogen) atoms. The molecule has 0 spiro atoms. The number of amides is 4. The first-order valence-electron chi connectivity index (χ1n) is 13.9. The zero-order chi connectivity index (χ0) is 30.9. The number of rotatable bonds is 18. The lowest BCUT2D eigenvalue weighted by Crippen LogP contribution is -2.57. The number of benzene rings is 2. The van der Waals surface area contributed by atoms with Crippen molar-refractivity contribution in [1.82, 2.24) is 16.0 Å². The highest BCUT2D eigenvalue weighted by Crippen LogP contribution is 2.12. The van der Waals surface area contributed by atoms with Crippen molar-refractivity contribution in [2.24, 2.45) is 33.7 Å². The van der Waals surface area contributed by atoms with Gasteiger partial charge in [-0.05, 0) is 49.8 Å². The summed E-state index contributed by atoms with van der Waals surface area (Å²) < 4.78 is 0. The summed E-state index contributed by atoms with van der Waals surface area (Å²) in [4.78, 5) is 56.0. The van der Waals surface area contributed by atoms with Crippen molar-refractivity contribution in [2.75, 3.05) is 13.1 Å². The number of primary amides is 1. The van der Waals surface area contributed by atoms with E-state index in [0.29, 0.717) is 37.8 Å². The van der Waals surface area contributed by atoms with Gasteiger partial charge in [0.25, 0.3) is 0 Å². The fourth-order valence-electron chi connectivity index (χ4n) is 4.23. The normalized spacial score (nSPS) is 13.6. The molecule has 13 heteroatoms. The van der Waals surface area contributed by atoms with E-state index in [4.69, 9.17) is 28.7 Å². The highest BCUT2D eigenvalue weighted by molar-refractivity contribution is 5.94. The Bertz CT molecular complexity index is 1170. The molecule has 4 amide bonds. The molecule has 2 rings (SSSR count). The van der Waals surface area contributed by atoms with Gasteiger partial charge in [0.05, 0.1) is 0 Å². The van der Waals surface area contributed by atoms with E-state index in [2.05, 4.69) is 20.9 Å². The molecule has 0 heterocycles. The van der Waals surface area contributed by atoms with Crippen LogP contribution in [0, 0.1) is 0 Å². The highest BCUT2D eigenvalue weighted by Gasteiger charge is 2.30. The lowest BCUT2D eigenvalue weighted by molar-refractivity contribution is -0.133. The summed E-state index contributed by atoms with van der Waals surface area (Å²) in [6.07, 6.45) is 2.22. The zero-order valence-corrected chi connectivity index (χ0v) is 23.7. The molecule has 4 unspecified atom stereocenters. The van der Waals surface area contributed by atoms with Gasteiger partial charge in [0.2, 0.25) is 23.6 Å². The minimum atomic E-state index is -1.07. The van der Waals surface area contributed by atoms with Gasteiger partial charge in [-0.3, -0.25) is 24.2 Å². The van der Waals surface area contributed by atoms with Crippen molar-refractivity contribution >= 4 is 29.6 Å². The van der Waals surface area contributed by atoms with E-state index in [0.717, 1.165) is 5.56 Å². The van der Waals surface area contributed by atoms with Gasteiger partial charge in [0, 0.05) is 13.0 Å². The second kappa shape index (κ2) is 18.0. The Labute approximate surface area is 246 Å². The van der Waals surface area contributed by atoms with Crippen molar-refractivity contribution in [3.63, 3.8) is 0 Å². The second-order valence-electron chi connectivity index (χ2n) is 9.90. The Morgan fingerprint density at radius 1 is 0.690 bits per heavy atom. The molecule has 2 aromatic carbocycles. The van der Waals surface area contributed by atoms with Gasteiger partial charge in [-0.2, -0.15) is 0 Å². The molecular weight excluding hydrogens is 538 g/mol. The number of unbranched alkanes of at least 4 members (excludes halogenated alkanes) is 1. The van der Waals surface area contributed by atoms with Crippen molar-refractivity contribution in [2.45, 2.75) is 62.7 Å². The van der Waals surface area contributed by atoms with Gasteiger partial charge in [-0.15, -0.1) is 0 Å². The average Bonchev–Trinajstić information content (AvgIpc) is 2.98. The molecule has 2 aromatic rings. The number of hydrogen-bond donors (Lipinski definition) is 8. The molecule has 0 aliphatic rings. The summed E-state index contributed by atoms with van der Waals surface area (Å²) in [5.74, 6) is -2.55. The SMILES string of the molecule is NCCCCC(NC(=O)C(Cc1ccccc1)NC(=O)C(CCCN=C(N)N)NC(=O)C(N)c1ccccc1)C(N)=O. The molecule has 0 aromatic heterocycles. The van der Waals surface area contributed by atoms with Crippen LogP contribution in [0.1, 0.15) is 49.3 Å². The number of carbonyl (C=O) groups excluding carboxylic acids is 4. The van der Waals surface area contributed by atoms with Crippen molar-refractivity contribution in [1.29, 1.82) is 0 Å². The summed E-state index contributed by atoms with van der Waals surface area (Å²) in [5.41, 5.74) is 29.4. The fraction of sp³-hybridized carbons (Fsp3) is 0.414. The number of guanidine groups is 1.